The number of rotatable bonds is 6. The average Bonchev–Trinajstić information content (AvgIpc) is 3.46. The maximum atomic E-state index is 12.3. The normalized spacial score (nSPS) is 28.1. The van der Waals surface area contributed by atoms with E-state index in [0.29, 0.717) is 25.2 Å². The molecule has 0 bridgehead atoms. The van der Waals surface area contributed by atoms with Crippen LogP contribution in [0.1, 0.15) is 12.0 Å². The maximum Gasteiger partial charge on any atom is 1.00 e. The van der Waals surface area contributed by atoms with Crippen LogP contribution in [-0.4, -0.2) is 79.4 Å². The van der Waals surface area contributed by atoms with Crippen molar-refractivity contribution in [3.8, 4) is 5.75 Å². The molecule has 4 aliphatic heterocycles. The van der Waals surface area contributed by atoms with Crippen molar-refractivity contribution in [2.24, 2.45) is 0 Å². The van der Waals surface area contributed by atoms with Crippen LogP contribution in [0.3, 0.4) is 0 Å². The van der Waals surface area contributed by atoms with Crippen LogP contribution in [0, 0.1) is 0 Å². The number of amides is 1. The fourth-order valence-corrected chi connectivity index (χ4v) is 4.32. The van der Waals surface area contributed by atoms with Gasteiger partial charge >= 0.3 is 29.6 Å². The molecule has 1 unspecified atom stereocenters. The molecule has 1 aromatic rings. The van der Waals surface area contributed by atoms with E-state index in [1.54, 1.807) is 0 Å². The van der Waals surface area contributed by atoms with Crippen LogP contribution in [0.2, 0.25) is 0 Å². The van der Waals surface area contributed by atoms with Gasteiger partial charge in [-0.15, -0.1) is 0 Å². The summed E-state index contributed by atoms with van der Waals surface area (Å²) in [5.74, 6) is -0.867. The predicted molar refractivity (Wildman–Crippen MR) is 95.1 cm³/mol. The number of β-lactam (4-membered cyclic amide) rings is 1. The van der Waals surface area contributed by atoms with Crippen molar-refractivity contribution in [2.45, 2.75) is 18.1 Å². The van der Waals surface area contributed by atoms with E-state index in [4.69, 9.17) is 14.2 Å². The van der Waals surface area contributed by atoms with Crippen LogP contribution in [0.4, 0.5) is 0 Å². The minimum absolute atomic E-state index is 0. The van der Waals surface area contributed by atoms with Gasteiger partial charge in [0.05, 0.1) is 37.5 Å². The number of aliphatic carboxylic acids is 1. The average molecular weight is 408 g/mol. The summed E-state index contributed by atoms with van der Waals surface area (Å²) in [6.07, 6.45) is 0.465. The second-order valence-electron chi connectivity index (χ2n) is 7.51. The first-order valence-electron chi connectivity index (χ1n) is 9.55. The first-order chi connectivity index (χ1) is 13.6. The first-order valence-corrected chi connectivity index (χ1v) is 9.55. The molecule has 0 aliphatic carbocycles. The molecule has 9 heteroatoms. The summed E-state index contributed by atoms with van der Waals surface area (Å²) in [4.78, 5) is 27.6. The van der Waals surface area contributed by atoms with Crippen molar-refractivity contribution in [1.82, 2.24) is 9.80 Å². The fourth-order valence-electron chi connectivity index (χ4n) is 4.32. The quantitative estimate of drug-likeness (QED) is 0.271. The Morgan fingerprint density at radius 3 is 2.55 bits per heavy atom. The van der Waals surface area contributed by atoms with Crippen LogP contribution in [0.15, 0.2) is 30.0 Å². The van der Waals surface area contributed by atoms with Crippen LogP contribution < -0.4 is 39.4 Å². The van der Waals surface area contributed by atoms with Gasteiger partial charge in [-0.25, -0.2) is 0 Å². The minimum atomic E-state index is -1.33. The van der Waals surface area contributed by atoms with E-state index in [9.17, 15) is 14.7 Å². The molecule has 0 N–H and O–H groups in total. The third-order valence-corrected chi connectivity index (χ3v) is 5.99. The van der Waals surface area contributed by atoms with Gasteiger partial charge in [-0.1, -0.05) is 12.1 Å². The van der Waals surface area contributed by atoms with Crippen LogP contribution in [0.25, 0.3) is 5.57 Å². The van der Waals surface area contributed by atoms with Gasteiger partial charge < -0.3 is 29.0 Å². The summed E-state index contributed by atoms with van der Waals surface area (Å²) >= 11 is 0. The van der Waals surface area contributed by atoms with E-state index >= 15 is 0 Å². The zero-order valence-electron chi connectivity index (χ0n) is 16.4. The van der Waals surface area contributed by atoms with Crippen molar-refractivity contribution in [1.29, 1.82) is 0 Å². The van der Waals surface area contributed by atoms with Crippen LogP contribution >= 0.6 is 0 Å². The van der Waals surface area contributed by atoms with Gasteiger partial charge in [0.25, 0.3) is 5.91 Å². The Bertz CT molecular complexity index is 845. The van der Waals surface area contributed by atoms with E-state index < -0.39 is 11.6 Å². The number of hydrogen-bond acceptors (Lipinski definition) is 7. The van der Waals surface area contributed by atoms with Gasteiger partial charge in [0.15, 0.2) is 5.60 Å². The molecule has 0 radical (unpaired) electrons. The van der Waals surface area contributed by atoms with Crippen LogP contribution in [-0.2, 0) is 19.1 Å². The molecule has 3 saturated heterocycles. The third kappa shape index (κ3) is 3.52. The minimum Gasteiger partial charge on any atom is -0.543 e. The third-order valence-electron chi connectivity index (χ3n) is 5.99. The number of hydrogen-bond donors (Lipinski definition) is 0. The molecule has 0 aromatic heterocycles. The second kappa shape index (κ2) is 8.02. The monoisotopic (exact) mass is 408 g/mol. The molecule has 4 aliphatic rings. The molecular weight excluding hydrogens is 387 g/mol. The molecule has 1 spiro atoms. The van der Waals surface area contributed by atoms with E-state index in [-0.39, 0.29) is 47.2 Å². The zero-order valence-corrected chi connectivity index (χ0v) is 18.4. The Morgan fingerprint density at radius 2 is 1.93 bits per heavy atom. The number of carbonyl (C=O) groups is 2. The number of carboxylic acids is 1. The molecule has 5 rings (SSSR count). The van der Waals surface area contributed by atoms with E-state index in [1.807, 2.05) is 24.3 Å². The number of epoxide rings is 1. The Balaban J connectivity index is 0.00000205. The molecule has 1 aromatic carbocycles. The van der Waals surface area contributed by atoms with Gasteiger partial charge in [-0.3, -0.25) is 9.69 Å². The summed E-state index contributed by atoms with van der Waals surface area (Å²) in [5, 5.41) is 11.7. The summed E-state index contributed by atoms with van der Waals surface area (Å²) in [6, 6.07) is 7.09. The molecule has 3 fully saturated rings. The van der Waals surface area contributed by atoms with Gasteiger partial charge in [-0.05, 0) is 29.7 Å². The van der Waals surface area contributed by atoms with Gasteiger partial charge in [-0.2, -0.15) is 0 Å². The number of morpholine rings is 1. The molecule has 4 heterocycles. The number of ether oxygens (including phenoxy) is 3. The topological polar surface area (TPSA) is 94.7 Å². The first kappa shape index (κ1) is 20.8. The molecule has 29 heavy (non-hydrogen) atoms. The molecule has 0 saturated carbocycles. The fraction of sp³-hybridized carbons (Fsp3) is 0.500. The van der Waals surface area contributed by atoms with Crippen molar-refractivity contribution in [3.63, 3.8) is 0 Å². The standard InChI is InChI=1S/C20H22N2O6.Na/c23-18(24)17-15(11-16-20(12-28-20)19(25)22(16)17)13-1-3-14(4-2-13)27-10-7-21-5-8-26-9-6-21;/h1-4,16H,5-12H2,(H,23,24);/q;+1/p-1/t16?,20-;/m0./s1. The molecule has 8 nitrogen and oxygen atoms in total. The van der Waals surface area contributed by atoms with Crippen molar-refractivity contribution in [2.75, 3.05) is 46.1 Å². The molecular formula is C20H21N2NaO6. The predicted octanol–water partition coefficient (Wildman–Crippen LogP) is -3.75. The largest absolute Gasteiger partial charge is 1.00 e. The number of nitrogens with zero attached hydrogens (tertiary/aromatic N) is 2. The Hall–Kier alpha value is -1.42. The smallest absolute Gasteiger partial charge is 0.543 e. The van der Waals surface area contributed by atoms with E-state index in [1.165, 1.54) is 4.90 Å². The Kier molecular flexibility index (Phi) is 5.76. The summed E-state index contributed by atoms with van der Waals surface area (Å²) in [7, 11) is 0. The molecule has 148 valence electrons. The molecule has 2 atom stereocenters. The Labute approximate surface area is 190 Å². The number of fused-ring (bicyclic) bond motifs is 2. The van der Waals surface area contributed by atoms with Gasteiger partial charge in [0.2, 0.25) is 0 Å². The summed E-state index contributed by atoms with van der Waals surface area (Å²) in [5.41, 5.74) is 0.561. The summed E-state index contributed by atoms with van der Waals surface area (Å²) < 4.78 is 16.5. The van der Waals surface area contributed by atoms with Crippen LogP contribution in [0.5, 0.6) is 5.75 Å². The SMILES string of the molecule is O=C([O-])C1=C(c2ccc(OCCN3CCOCC3)cc2)CC2N1C(=O)[C@]21CO1.[Na+]. The van der Waals surface area contributed by atoms with Crippen molar-refractivity contribution in [3.05, 3.63) is 35.5 Å². The molecule has 1 amide bonds. The van der Waals surface area contributed by atoms with Crippen molar-refractivity contribution < 1.29 is 58.5 Å². The van der Waals surface area contributed by atoms with Crippen molar-refractivity contribution >= 4 is 17.4 Å². The van der Waals surface area contributed by atoms with Gasteiger partial charge in [0.1, 0.15) is 12.4 Å². The number of benzene rings is 1. The number of carbonyl (C=O) groups excluding carboxylic acids is 2. The number of carboxylic acid groups (broad SMARTS) is 1. The van der Waals surface area contributed by atoms with E-state index in [2.05, 4.69) is 4.90 Å². The van der Waals surface area contributed by atoms with Gasteiger partial charge in [0, 0.05) is 19.6 Å². The second-order valence-corrected chi connectivity index (χ2v) is 7.51. The maximum absolute atomic E-state index is 12.3. The zero-order chi connectivity index (χ0) is 19.3. The summed E-state index contributed by atoms with van der Waals surface area (Å²) in [6.45, 7) is 5.15. The van der Waals surface area contributed by atoms with E-state index in [0.717, 1.165) is 44.2 Å². The Morgan fingerprint density at radius 1 is 1.24 bits per heavy atom.